The summed E-state index contributed by atoms with van der Waals surface area (Å²) in [6.07, 6.45) is 0. The van der Waals surface area contributed by atoms with Crippen LogP contribution in [-0.2, 0) is 11.3 Å². The molecule has 5 nitrogen and oxygen atoms in total. The summed E-state index contributed by atoms with van der Waals surface area (Å²) in [5.41, 5.74) is 2.47. The first-order valence-corrected chi connectivity index (χ1v) is 9.64. The maximum Gasteiger partial charge on any atom is 0.265 e. The van der Waals surface area contributed by atoms with E-state index in [9.17, 15) is 9.59 Å². The Morgan fingerprint density at radius 2 is 1.72 bits per heavy atom. The minimum atomic E-state index is -0.355. The molecule has 0 radical (unpaired) electrons. The van der Waals surface area contributed by atoms with Crippen molar-refractivity contribution in [2.24, 2.45) is 0 Å². The highest BCUT2D eigenvalue weighted by Crippen LogP contribution is 2.35. The van der Waals surface area contributed by atoms with E-state index >= 15 is 0 Å². The summed E-state index contributed by atoms with van der Waals surface area (Å²) in [5.74, 6) is 0.0859. The molecule has 1 heterocycles. The molecule has 1 aliphatic rings. The predicted octanol–water partition coefficient (Wildman–Crippen LogP) is 5.17. The Morgan fingerprint density at radius 3 is 2.45 bits per heavy atom. The molecule has 3 aromatic carbocycles. The standard InChI is InChI=1S/C22H16Cl2N2O3/c23-16-8-15(9-17(24)10-16)22(28)25-18-6-7-20-19(11-18)26(21(27)13-29-20)12-14-4-2-1-3-5-14/h1-11H,12-13H2,(H,25,28). The van der Waals surface area contributed by atoms with Gasteiger partial charge in [0.15, 0.2) is 6.61 Å². The molecule has 29 heavy (non-hydrogen) atoms. The Bertz CT molecular complexity index is 1070. The number of hydrogen-bond acceptors (Lipinski definition) is 3. The number of benzene rings is 3. The number of ether oxygens (including phenoxy) is 1. The molecule has 0 saturated heterocycles. The molecule has 2 amide bonds. The van der Waals surface area contributed by atoms with Gasteiger partial charge in [-0.25, -0.2) is 0 Å². The van der Waals surface area contributed by atoms with Gasteiger partial charge in [-0.2, -0.15) is 0 Å². The molecule has 0 atom stereocenters. The molecule has 0 bridgehead atoms. The number of carbonyl (C=O) groups is 2. The van der Waals surface area contributed by atoms with Crippen LogP contribution in [0.5, 0.6) is 5.75 Å². The largest absolute Gasteiger partial charge is 0.482 e. The van der Waals surface area contributed by atoms with Crippen molar-refractivity contribution in [2.45, 2.75) is 6.54 Å². The second-order valence-electron chi connectivity index (χ2n) is 6.55. The highest BCUT2D eigenvalue weighted by atomic mass is 35.5. The molecule has 7 heteroatoms. The van der Waals surface area contributed by atoms with Crippen molar-refractivity contribution in [3.63, 3.8) is 0 Å². The zero-order chi connectivity index (χ0) is 20.4. The fourth-order valence-electron chi connectivity index (χ4n) is 3.11. The Kier molecular flexibility index (Phi) is 5.43. The number of nitrogens with one attached hydrogen (secondary N) is 1. The van der Waals surface area contributed by atoms with Gasteiger partial charge >= 0.3 is 0 Å². The third-order valence-corrected chi connectivity index (χ3v) is 4.90. The van der Waals surface area contributed by atoms with E-state index < -0.39 is 0 Å². The van der Waals surface area contributed by atoms with Gasteiger partial charge in [-0.1, -0.05) is 53.5 Å². The number of amides is 2. The van der Waals surface area contributed by atoms with Gasteiger partial charge in [0.25, 0.3) is 11.8 Å². The summed E-state index contributed by atoms with van der Waals surface area (Å²) >= 11 is 12.0. The summed E-state index contributed by atoms with van der Waals surface area (Å²) in [4.78, 5) is 26.7. The van der Waals surface area contributed by atoms with Crippen molar-refractivity contribution in [3.8, 4) is 5.75 Å². The van der Waals surface area contributed by atoms with Gasteiger partial charge in [0.1, 0.15) is 5.75 Å². The number of anilines is 2. The van der Waals surface area contributed by atoms with Crippen LogP contribution in [-0.4, -0.2) is 18.4 Å². The van der Waals surface area contributed by atoms with Gasteiger partial charge in [0.05, 0.1) is 12.2 Å². The Labute approximate surface area is 177 Å². The van der Waals surface area contributed by atoms with E-state index in [1.165, 1.54) is 12.1 Å². The van der Waals surface area contributed by atoms with Gasteiger partial charge in [0, 0.05) is 21.3 Å². The summed E-state index contributed by atoms with van der Waals surface area (Å²) in [7, 11) is 0. The van der Waals surface area contributed by atoms with Crippen molar-refractivity contribution in [1.29, 1.82) is 0 Å². The lowest BCUT2D eigenvalue weighted by Crippen LogP contribution is -2.38. The van der Waals surface area contributed by atoms with Crippen molar-refractivity contribution in [1.82, 2.24) is 0 Å². The number of rotatable bonds is 4. The third kappa shape index (κ3) is 4.36. The number of halogens is 2. The van der Waals surface area contributed by atoms with Gasteiger partial charge < -0.3 is 15.0 Å². The van der Waals surface area contributed by atoms with Crippen LogP contribution in [0.4, 0.5) is 11.4 Å². The molecule has 1 aliphatic heterocycles. The molecule has 0 unspecified atom stereocenters. The van der Waals surface area contributed by atoms with E-state index in [0.29, 0.717) is 39.3 Å². The molecule has 0 aliphatic carbocycles. The summed E-state index contributed by atoms with van der Waals surface area (Å²) in [6.45, 7) is 0.393. The molecular formula is C22H16Cl2N2O3. The van der Waals surface area contributed by atoms with Crippen molar-refractivity contribution in [2.75, 3.05) is 16.8 Å². The van der Waals surface area contributed by atoms with E-state index in [1.807, 2.05) is 30.3 Å². The molecule has 4 rings (SSSR count). The molecule has 0 spiro atoms. The van der Waals surface area contributed by atoms with Crippen LogP contribution in [0, 0.1) is 0 Å². The fourth-order valence-corrected chi connectivity index (χ4v) is 3.63. The lowest BCUT2D eigenvalue weighted by molar-refractivity contribution is -0.121. The van der Waals surface area contributed by atoms with Gasteiger partial charge in [-0.15, -0.1) is 0 Å². The van der Waals surface area contributed by atoms with E-state index in [2.05, 4.69) is 5.32 Å². The van der Waals surface area contributed by atoms with Gasteiger partial charge in [-0.3, -0.25) is 9.59 Å². The maximum absolute atomic E-state index is 12.6. The van der Waals surface area contributed by atoms with E-state index in [4.69, 9.17) is 27.9 Å². The van der Waals surface area contributed by atoms with Crippen LogP contribution in [0.25, 0.3) is 0 Å². The first kappa shape index (κ1) is 19.3. The van der Waals surface area contributed by atoms with Crippen molar-refractivity contribution >= 4 is 46.4 Å². The quantitative estimate of drug-likeness (QED) is 0.625. The average Bonchev–Trinajstić information content (AvgIpc) is 2.70. The molecular weight excluding hydrogens is 411 g/mol. The van der Waals surface area contributed by atoms with E-state index in [1.54, 1.807) is 29.2 Å². The minimum Gasteiger partial charge on any atom is -0.482 e. The van der Waals surface area contributed by atoms with E-state index in [-0.39, 0.29) is 18.4 Å². The fraction of sp³-hybridized carbons (Fsp3) is 0.0909. The van der Waals surface area contributed by atoms with Crippen LogP contribution in [0.15, 0.2) is 66.7 Å². The molecule has 0 aromatic heterocycles. The van der Waals surface area contributed by atoms with Crippen molar-refractivity contribution in [3.05, 3.63) is 87.9 Å². The molecule has 0 saturated carbocycles. The SMILES string of the molecule is O=C(Nc1ccc2c(c1)N(Cc1ccccc1)C(=O)CO2)c1cc(Cl)cc(Cl)c1. The Balaban J connectivity index is 1.61. The van der Waals surface area contributed by atoms with Crippen LogP contribution in [0.1, 0.15) is 15.9 Å². The second-order valence-corrected chi connectivity index (χ2v) is 7.42. The minimum absolute atomic E-state index is 0.0213. The van der Waals surface area contributed by atoms with Gasteiger partial charge in [-0.05, 0) is 42.0 Å². The van der Waals surface area contributed by atoms with Crippen LogP contribution in [0.2, 0.25) is 10.0 Å². The van der Waals surface area contributed by atoms with E-state index in [0.717, 1.165) is 5.56 Å². The summed E-state index contributed by atoms with van der Waals surface area (Å²) in [6, 6.07) is 19.5. The number of nitrogens with zero attached hydrogens (tertiary/aromatic N) is 1. The number of carbonyl (C=O) groups excluding carboxylic acids is 2. The zero-order valence-corrected chi connectivity index (χ0v) is 16.7. The van der Waals surface area contributed by atoms with Gasteiger partial charge in [0.2, 0.25) is 0 Å². The molecule has 0 fully saturated rings. The smallest absolute Gasteiger partial charge is 0.265 e. The monoisotopic (exact) mass is 426 g/mol. The normalized spacial score (nSPS) is 12.9. The van der Waals surface area contributed by atoms with Crippen LogP contribution >= 0.6 is 23.2 Å². The Morgan fingerprint density at radius 1 is 1.00 bits per heavy atom. The predicted molar refractivity (Wildman–Crippen MR) is 114 cm³/mol. The topological polar surface area (TPSA) is 58.6 Å². The molecule has 3 aromatic rings. The summed E-state index contributed by atoms with van der Waals surface area (Å²) in [5, 5.41) is 3.56. The first-order chi connectivity index (χ1) is 14.0. The molecule has 146 valence electrons. The lowest BCUT2D eigenvalue weighted by atomic mass is 10.1. The summed E-state index contributed by atoms with van der Waals surface area (Å²) < 4.78 is 5.54. The zero-order valence-electron chi connectivity index (χ0n) is 15.2. The molecule has 1 N–H and O–H groups in total. The van der Waals surface area contributed by atoms with Crippen LogP contribution < -0.4 is 15.0 Å². The Hall–Kier alpha value is -3.02. The second kappa shape index (κ2) is 8.15. The highest BCUT2D eigenvalue weighted by Gasteiger charge is 2.26. The highest BCUT2D eigenvalue weighted by molar-refractivity contribution is 6.35. The first-order valence-electron chi connectivity index (χ1n) is 8.88. The average molecular weight is 427 g/mol. The maximum atomic E-state index is 12.6. The van der Waals surface area contributed by atoms with Crippen molar-refractivity contribution < 1.29 is 14.3 Å². The number of hydrogen-bond donors (Lipinski definition) is 1. The van der Waals surface area contributed by atoms with Crippen LogP contribution in [0.3, 0.4) is 0 Å². The number of fused-ring (bicyclic) bond motifs is 1. The lowest BCUT2D eigenvalue weighted by Gasteiger charge is -2.30. The third-order valence-electron chi connectivity index (χ3n) is 4.47.